The molecule has 56 valence electrons. The van der Waals surface area contributed by atoms with Crippen molar-refractivity contribution in [1.82, 2.24) is 9.97 Å². The van der Waals surface area contributed by atoms with Crippen LogP contribution in [0.2, 0.25) is 0 Å². The molecular weight excluding hydrogens is 224 g/mol. The van der Waals surface area contributed by atoms with Gasteiger partial charge in [0.25, 0.3) is 0 Å². The molecule has 0 radical (unpaired) electrons. The van der Waals surface area contributed by atoms with E-state index in [2.05, 4.69) is 25.9 Å². The third-order valence-corrected chi connectivity index (χ3v) is 2.61. The average Bonchev–Trinajstić information content (AvgIpc) is 2.55. The summed E-state index contributed by atoms with van der Waals surface area (Å²) in [5, 5.41) is 3.02. The largest absolute Gasteiger partial charge is 0.355 e. The fourth-order valence-electron chi connectivity index (χ4n) is 0.856. The van der Waals surface area contributed by atoms with E-state index >= 15 is 0 Å². The number of nitrogens with zero attached hydrogens (tertiary/aromatic N) is 1. The highest BCUT2D eigenvalue weighted by atomic mass is 79.9. The third kappa shape index (κ3) is 1.36. The normalized spacial score (nSPS) is 10.3. The first-order valence-corrected chi connectivity index (χ1v) is 4.77. The maximum Gasteiger partial charge on any atom is 0.124 e. The van der Waals surface area contributed by atoms with Crippen molar-refractivity contribution in [2.45, 2.75) is 0 Å². The van der Waals surface area contributed by atoms with Crippen molar-refractivity contribution in [3.63, 3.8) is 0 Å². The van der Waals surface area contributed by atoms with Crippen LogP contribution in [0.25, 0.3) is 10.6 Å². The molecule has 0 saturated heterocycles. The van der Waals surface area contributed by atoms with Gasteiger partial charge in [0.05, 0.1) is 4.60 Å². The van der Waals surface area contributed by atoms with Crippen LogP contribution in [0.15, 0.2) is 28.4 Å². The Balaban J connectivity index is 2.45. The molecule has 2 heterocycles. The summed E-state index contributed by atoms with van der Waals surface area (Å²) in [6.07, 6.45) is 3.74. The summed E-state index contributed by atoms with van der Waals surface area (Å²) in [7, 11) is 0. The van der Waals surface area contributed by atoms with Crippen molar-refractivity contribution in [3.05, 3.63) is 28.4 Å². The summed E-state index contributed by atoms with van der Waals surface area (Å²) in [4.78, 5) is 7.22. The molecule has 0 bridgehead atoms. The van der Waals surface area contributed by atoms with Crippen LogP contribution in [0.5, 0.6) is 0 Å². The van der Waals surface area contributed by atoms with Gasteiger partial charge >= 0.3 is 0 Å². The minimum atomic E-state index is 0.989. The molecule has 11 heavy (non-hydrogen) atoms. The number of aromatic nitrogens is 2. The lowest BCUT2D eigenvalue weighted by Crippen LogP contribution is -1.66. The van der Waals surface area contributed by atoms with Crippen LogP contribution in [0.3, 0.4) is 0 Å². The SMILES string of the molecule is Brc1cc(-c2nccs2)c[nH]1. The van der Waals surface area contributed by atoms with Crippen molar-refractivity contribution in [2.24, 2.45) is 0 Å². The summed E-state index contributed by atoms with van der Waals surface area (Å²) in [5.41, 5.74) is 1.13. The molecule has 2 nitrogen and oxygen atoms in total. The molecular formula is C7H5BrN2S. The smallest absolute Gasteiger partial charge is 0.124 e. The quantitative estimate of drug-likeness (QED) is 0.800. The zero-order valence-corrected chi connectivity index (χ0v) is 7.95. The van der Waals surface area contributed by atoms with Crippen LogP contribution >= 0.6 is 27.3 Å². The van der Waals surface area contributed by atoms with Gasteiger partial charge in [-0.1, -0.05) is 0 Å². The zero-order valence-electron chi connectivity index (χ0n) is 5.54. The van der Waals surface area contributed by atoms with Crippen molar-refractivity contribution in [2.75, 3.05) is 0 Å². The van der Waals surface area contributed by atoms with Gasteiger partial charge in [-0.2, -0.15) is 0 Å². The Hall–Kier alpha value is -0.610. The Kier molecular flexibility index (Phi) is 1.79. The highest BCUT2D eigenvalue weighted by molar-refractivity contribution is 9.10. The second kappa shape index (κ2) is 2.79. The predicted octanol–water partition coefficient (Wildman–Crippen LogP) is 2.90. The second-order valence-corrected chi connectivity index (χ2v) is 3.82. The van der Waals surface area contributed by atoms with E-state index in [1.807, 2.05) is 17.6 Å². The first kappa shape index (κ1) is 7.06. The number of aromatic amines is 1. The fourth-order valence-corrected chi connectivity index (χ4v) is 1.84. The van der Waals surface area contributed by atoms with Crippen molar-refractivity contribution >= 4 is 27.3 Å². The number of H-pyrrole nitrogens is 1. The van der Waals surface area contributed by atoms with Crippen molar-refractivity contribution in [3.8, 4) is 10.6 Å². The van der Waals surface area contributed by atoms with Crippen LogP contribution in [0.1, 0.15) is 0 Å². The van der Waals surface area contributed by atoms with E-state index in [1.54, 1.807) is 17.5 Å². The van der Waals surface area contributed by atoms with Gasteiger partial charge in [-0.05, 0) is 22.0 Å². The topological polar surface area (TPSA) is 28.7 Å². The number of hydrogen-bond acceptors (Lipinski definition) is 2. The van der Waals surface area contributed by atoms with E-state index in [4.69, 9.17) is 0 Å². The molecule has 4 heteroatoms. The lowest BCUT2D eigenvalue weighted by atomic mass is 10.4. The third-order valence-electron chi connectivity index (χ3n) is 1.33. The van der Waals surface area contributed by atoms with Gasteiger partial charge in [-0.25, -0.2) is 4.98 Å². The molecule has 0 amide bonds. The highest BCUT2D eigenvalue weighted by Gasteiger charge is 2.00. The van der Waals surface area contributed by atoms with E-state index < -0.39 is 0 Å². The molecule has 0 spiro atoms. The maximum atomic E-state index is 4.18. The fraction of sp³-hybridized carbons (Fsp3) is 0. The molecule has 0 aliphatic carbocycles. The predicted molar refractivity (Wildman–Crippen MR) is 49.6 cm³/mol. The molecule has 0 unspecified atom stereocenters. The average molecular weight is 229 g/mol. The zero-order chi connectivity index (χ0) is 7.68. The van der Waals surface area contributed by atoms with Crippen molar-refractivity contribution < 1.29 is 0 Å². The molecule has 0 fully saturated rings. The first-order valence-electron chi connectivity index (χ1n) is 3.10. The van der Waals surface area contributed by atoms with E-state index in [-0.39, 0.29) is 0 Å². The van der Waals surface area contributed by atoms with Gasteiger partial charge in [-0.15, -0.1) is 11.3 Å². The summed E-state index contributed by atoms with van der Waals surface area (Å²) >= 11 is 4.98. The standard InChI is InChI=1S/C7H5BrN2S/c8-6-3-5(4-10-6)7-9-1-2-11-7/h1-4,10H. The Morgan fingerprint density at radius 3 is 3.00 bits per heavy atom. The minimum absolute atomic E-state index is 0.989. The number of hydrogen-bond donors (Lipinski definition) is 1. The Bertz CT molecular complexity index is 339. The van der Waals surface area contributed by atoms with Crippen LogP contribution in [0, 0.1) is 0 Å². The van der Waals surface area contributed by atoms with Crippen LogP contribution in [-0.2, 0) is 0 Å². The molecule has 0 aliphatic heterocycles. The first-order chi connectivity index (χ1) is 5.36. The van der Waals surface area contributed by atoms with Crippen LogP contribution in [0.4, 0.5) is 0 Å². The van der Waals surface area contributed by atoms with Crippen molar-refractivity contribution in [1.29, 1.82) is 0 Å². The molecule has 2 rings (SSSR count). The van der Waals surface area contributed by atoms with Crippen LogP contribution in [-0.4, -0.2) is 9.97 Å². The van der Waals surface area contributed by atoms with E-state index in [0.29, 0.717) is 0 Å². The summed E-state index contributed by atoms with van der Waals surface area (Å²) in [6.45, 7) is 0. The van der Waals surface area contributed by atoms with Gasteiger partial charge in [0.2, 0.25) is 0 Å². The Morgan fingerprint density at radius 2 is 2.45 bits per heavy atom. The summed E-state index contributed by atoms with van der Waals surface area (Å²) in [5.74, 6) is 0. The minimum Gasteiger partial charge on any atom is -0.355 e. The molecule has 0 aliphatic rings. The molecule has 0 saturated carbocycles. The van der Waals surface area contributed by atoms with Gasteiger partial charge in [0, 0.05) is 23.3 Å². The van der Waals surface area contributed by atoms with Gasteiger partial charge in [0.1, 0.15) is 5.01 Å². The van der Waals surface area contributed by atoms with Gasteiger partial charge in [0.15, 0.2) is 0 Å². The number of rotatable bonds is 1. The molecule has 2 aromatic rings. The van der Waals surface area contributed by atoms with Gasteiger partial charge < -0.3 is 4.98 Å². The van der Waals surface area contributed by atoms with Crippen LogP contribution < -0.4 is 0 Å². The molecule has 0 atom stereocenters. The summed E-state index contributed by atoms with van der Waals surface area (Å²) < 4.78 is 0.989. The molecule has 2 aromatic heterocycles. The molecule has 0 aromatic carbocycles. The van der Waals surface area contributed by atoms with E-state index in [9.17, 15) is 0 Å². The monoisotopic (exact) mass is 228 g/mol. The lowest BCUT2D eigenvalue weighted by molar-refractivity contribution is 1.36. The van der Waals surface area contributed by atoms with E-state index in [1.165, 1.54) is 0 Å². The highest BCUT2D eigenvalue weighted by Crippen LogP contribution is 2.23. The van der Waals surface area contributed by atoms with Gasteiger partial charge in [-0.3, -0.25) is 0 Å². The summed E-state index contributed by atoms with van der Waals surface area (Å²) in [6, 6.07) is 2.01. The molecule has 1 N–H and O–H groups in total. The second-order valence-electron chi connectivity index (χ2n) is 2.07. The Labute approximate surface area is 76.4 Å². The number of nitrogens with one attached hydrogen (secondary N) is 1. The maximum absolute atomic E-state index is 4.18. The Morgan fingerprint density at radius 1 is 1.55 bits per heavy atom. The lowest BCUT2D eigenvalue weighted by Gasteiger charge is -1.83. The van der Waals surface area contributed by atoms with E-state index in [0.717, 1.165) is 15.2 Å². The number of thiazole rings is 1. The number of halogens is 1.